The SMILES string of the molecule is CCCCCNC(=O)CCOCCOCCN(C(=O)CCOCCOCCC(=O)NCCCC)C1CCN(C(=O)CCN2C(=O)CC(S)C2=O)CC1. The molecule has 2 N–H and O–H groups in total. The summed E-state index contributed by atoms with van der Waals surface area (Å²) in [6, 6.07) is -0.0919. The van der Waals surface area contributed by atoms with Crippen LogP contribution in [0, 0.1) is 0 Å². The van der Waals surface area contributed by atoms with Gasteiger partial charge >= 0.3 is 0 Å². The van der Waals surface area contributed by atoms with Gasteiger partial charge in [-0.15, -0.1) is 0 Å². The molecule has 6 amide bonds. The minimum absolute atomic E-state index is 0.0268. The number of carbonyl (C=O) groups is 6. The third kappa shape index (κ3) is 18.8. The standard InChI is InChI=1S/C36H63N5O10S/c1-3-5-7-15-38-32(43)12-21-49-26-27-51-23-19-40(34(45)13-22-50-25-24-48-20-11-31(42)37-14-6-4-2)29-8-16-39(17-9-29)33(44)10-18-41-35(46)28-30(52)36(41)47/h29-30,52H,3-28H2,1-2H3,(H,37,42)(H,38,43). The number of imide groups is 1. The van der Waals surface area contributed by atoms with E-state index in [2.05, 4.69) is 37.1 Å². The second-order valence-electron chi connectivity index (χ2n) is 13.0. The smallest absolute Gasteiger partial charge is 0.242 e. The number of ether oxygens (including phenoxy) is 4. The average Bonchev–Trinajstić information content (AvgIpc) is 3.38. The first-order valence-electron chi connectivity index (χ1n) is 19.1. The zero-order valence-corrected chi connectivity index (χ0v) is 32.3. The molecule has 0 aromatic carbocycles. The summed E-state index contributed by atoms with van der Waals surface area (Å²) in [5, 5.41) is 5.09. The van der Waals surface area contributed by atoms with Crippen LogP contribution in [0.2, 0.25) is 0 Å². The van der Waals surface area contributed by atoms with Gasteiger partial charge in [0.2, 0.25) is 35.4 Å². The summed E-state index contributed by atoms with van der Waals surface area (Å²) < 4.78 is 22.4. The molecule has 0 radical (unpaired) electrons. The second-order valence-corrected chi connectivity index (χ2v) is 13.6. The maximum absolute atomic E-state index is 13.4. The van der Waals surface area contributed by atoms with Crippen LogP contribution in [0.5, 0.6) is 0 Å². The molecule has 2 rings (SSSR count). The van der Waals surface area contributed by atoms with Crippen LogP contribution >= 0.6 is 12.6 Å². The van der Waals surface area contributed by atoms with E-state index in [1.54, 1.807) is 9.80 Å². The van der Waals surface area contributed by atoms with Gasteiger partial charge < -0.3 is 39.4 Å². The Bertz CT molecular complexity index is 1090. The summed E-state index contributed by atoms with van der Waals surface area (Å²) in [5.74, 6) is -0.940. The van der Waals surface area contributed by atoms with Gasteiger partial charge in [0.1, 0.15) is 0 Å². The van der Waals surface area contributed by atoms with Crippen LogP contribution in [0.1, 0.15) is 90.9 Å². The molecule has 0 saturated carbocycles. The molecule has 1 atom stereocenters. The molecule has 2 aliphatic heterocycles. The molecular weight excluding hydrogens is 694 g/mol. The fraction of sp³-hybridized carbons (Fsp3) is 0.833. The molecule has 2 heterocycles. The number of thiol groups is 1. The lowest BCUT2D eigenvalue weighted by Crippen LogP contribution is -2.50. The fourth-order valence-electron chi connectivity index (χ4n) is 5.83. The molecule has 52 heavy (non-hydrogen) atoms. The lowest BCUT2D eigenvalue weighted by atomic mass is 10.0. The molecular formula is C36H63N5O10S. The number of nitrogens with zero attached hydrogens (tertiary/aromatic N) is 3. The summed E-state index contributed by atoms with van der Waals surface area (Å²) in [6.45, 7) is 9.28. The van der Waals surface area contributed by atoms with Gasteiger partial charge in [-0.25, -0.2) is 0 Å². The van der Waals surface area contributed by atoms with Crippen molar-refractivity contribution >= 4 is 48.1 Å². The number of amides is 6. The van der Waals surface area contributed by atoms with Crippen molar-refractivity contribution < 1.29 is 47.7 Å². The van der Waals surface area contributed by atoms with Crippen LogP contribution in [-0.4, -0.2) is 154 Å². The first-order valence-corrected chi connectivity index (χ1v) is 19.6. The normalized spacial score (nSPS) is 16.4. The largest absolute Gasteiger partial charge is 0.379 e. The molecule has 0 aromatic heterocycles. The minimum atomic E-state index is -0.644. The van der Waals surface area contributed by atoms with Gasteiger partial charge in [-0.2, -0.15) is 12.6 Å². The van der Waals surface area contributed by atoms with Crippen molar-refractivity contribution in [2.24, 2.45) is 0 Å². The van der Waals surface area contributed by atoms with Gasteiger partial charge in [0.25, 0.3) is 0 Å². The number of likely N-dealkylation sites (tertiary alicyclic amines) is 2. The highest BCUT2D eigenvalue weighted by atomic mass is 32.1. The van der Waals surface area contributed by atoms with Gasteiger partial charge in [-0.3, -0.25) is 33.7 Å². The maximum atomic E-state index is 13.4. The average molecular weight is 758 g/mol. The molecule has 0 spiro atoms. The van der Waals surface area contributed by atoms with Crippen molar-refractivity contribution in [3.63, 3.8) is 0 Å². The first-order chi connectivity index (χ1) is 25.2. The summed E-state index contributed by atoms with van der Waals surface area (Å²) in [5.41, 5.74) is 0. The highest BCUT2D eigenvalue weighted by molar-refractivity contribution is 7.81. The molecule has 2 saturated heterocycles. The Labute approximate surface area is 314 Å². The highest BCUT2D eigenvalue weighted by Gasteiger charge is 2.37. The molecule has 298 valence electrons. The Balaban J connectivity index is 1.73. The number of nitrogens with one attached hydrogen (secondary N) is 2. The molecule has 16 heteroatoms. The van der Waals surface area contributed by atoms with Crippen molar-refractivity contribution in [2.45, 2.75) is 102 Å². The molecule has 15 nitrogen and oxygen atoms in total. The number of carbonyl (C=O) groups excluding carboxylic acids is 6. The van der Waals surface area contributed by atoms with Crippen LogP contribution in [0.15, 0.2) is 0 Å². The molecule has 0 bridgehead atoms. The van der Waals surface area contributed by atoms with E-state index in [4.69, 9.17) is 18.9 Å². The monoisotopic (exact) mass is 757 g/mol. The molecule has 1 unspecified atom stereocenters. The molecule has 0 aliphatic carbocycles. The highest BCUT2D eigenvalue weighted by Crippen LogP contribution is 2.21. The molecule has 2 aliphatic rings. The number of hydrogen-bond acceptors (Lipinski definition) is 11. The Morgan fingerprint density at radius 1 is 0.731 bits per heavy atom. The minimum Gasteiger partial charge on any atom is -0.379 e. The Kier molecular flexibility index (Phi) is 24.2. The number of unbranched alkanes of at least 4 members (excludes halogenated alkanes) is 3. The van der Waals surface area contributed by atoms with E-state index in [9.17, 15) is 28.8 Å². The predicted molar refractivity (Wildman–Crippen MR) is 198 cm³/mol. The maximum Gasteiger partial charge on any atom is 0.242 e. The molecule has 2 fully saturated rings. The Morgan fingerprint density at radius 2 is 1.27 bits per heavy atom. The van der Waals surface area contributed by atoms with Crippen molar-refractivity contribution in [1.29, 1.82) is 0 Å². The van der Waals surface area contributed by atoms with E-state index < -0.39 is 5.25 Å². The number of piperidine rings is 1. The van der Waals surface area contributed by atoms with E-state index in [0.29, 0.717) is 105 Å². The second kappa shape index (κ2) is 27.8. The van der Waals surface area contributed by atoms with Crippen molar-refractivity contribution in [3.8, 4) is 0 Å². The quantitative estimate of drug-likeness (QED) is 0.0580. The van der Waals surface area contributed by atoms with Crippen LogP contribution < -0.4 is 10.6 Å². The van der Waals surface area contributed by atoms with Crippen LogP contribution in [-0.2, 0) is 47.7 Å². The van der Waals surface area contributed by atoms with Gasteiger partial charge in [0.15, 0.2) is 0 Å². The van der Waals surface area contributed by atoms with Gasteiger partial charge in [0, 0.05) is 71.0 Å². The predicted octanol–water partition coefficient (Wildman–Crippen LogP) is 1.71. The number of hydrogen-bond donors (Lipinski definition) is 3. The first kappa shape index (κ1) is 45.4. The van der Waals surface area contributed by atoms with Gasteiger partial charge in [-0.1, -0.05) is 33.1 Å². The van der Waals surface area contributed by atoms with Crippen LogP contribution in [0.3, 0.4) is 0 Å². The third-order valence-corrected chi connectivity index (χ3v) is 9.33. The Morgan fingerprint density at radius 3 is 1.81 bits per heavy atom. The summed E-state index contributed by atoms with van der Waals surface area (Å²) in [7, 11) is 0. The Hall–Kier alpha value is -2.79. The van der Waals surface area contributed by atoms with Crippen molar-refractivity contribution in [2.75, 3.05) is 92.1 Å². The zero-order valence-electron chi connectivity index (χ0n) is 31.4. The number of rotatable bonds is 29. The van der Waals surface area contributed by atoms with E-state index in [1.165, 1.54) is 0 Å². The van der Waals surface area contributed by atoms with Crippen LogP contribution in [0.4, 0.5) is 0 Å². The molecule has 0 aromatic rings. The summed E-state index contributed by atoms with van der Waals surface area (Å²) >= 11 is 4.14. The van der Waals surface area contributed by atoms with E-state index in [1.807, 2.05) is 0 Å². The lowest BCUT2D eigenvalue weighted by Gasteiger charge is -2.39. The van der Waals surface area contributed by atoms with Crippen LogP contribution in [0.25, 0.3) is 0 Å². The summed E-state index contributed by atoms with van der Waals surface area (Å²) in [6.07, 6.45) is 7.17. The van der Waals surface area contributed by atoms with Gasteiger partial charge in [0.05, 0.1) is 64.5 Å². The lowest BCUT2D eigenvalue weighted by molar-refractivity contribution is -0.140. The third-order valence-electron chi connectivity index (χ3n) is 8.93. The topological polar surface area (TPSA) is 173 Å². The van der Waals surface area contributed by atoms with Crippen molar-refractivity contribution in [3.05, 3.63) is 0 Å². The van der Waals surface area contributed by atoms with E-state index in [-0.39, 0.29) is 73.9 Å². The van der Waals surface area contributed by atoms with Crippen molar-refractivity contribution in [1.82, 2.24) is 25.3 Å². The van der Waals surface area contributed by atoms with E-state index in [0.717, 1.165) is 37.0 Å². The summed E-state index contributed by atoms with van der Waals surface area (Å²) in [4.78, 5) is 78.8. The fourth-order valence-corrected chi connectivity index (χ4v) is 6.12. The zero-order chi connectivity index (χ0) is 38.0. The van der Waals surface area contributed by atoms with Gasteiger partial charge in [-0.05, 0) is 25.7 Å². The van der Waals surface area contributed by atoms with E-state index >= 15 is 0 Å².